The number of carbonyl (C=O) groups excluding carboxylic acids is 1. The molecular formula is C52H41F14N7O7. The molecule has 424 valence electrons. The van der Waals surface area contributed by atoms with Crippen molar-refractivity contribution in [2.24, 2.45) is 0 Å². The summed E-state index contributed by atoms with van der Waals surface area (Å²) in [5.41, 5.74) is 4.46. The number of hydrogen-bond acceptors (Lipinski definition) is 10. The Morgan fingerprint density at radius 3 is 1.32 bits per heavy atom. The van der Waals surface area contributed by atoms with Gasteiger partial charge in [0, 0.05) is 60.6 Å². The number of imidazole rings is 2. The van der Waals surface area contributed by atoms with Crippen LogP contribution in [0.1, 0.15) is 51.6 Å². The zero-order chi connectivity index (χ0) is 58.5. The monoisotopic (exact) mass is 1140 g/mol. The normalized spacial score (nSPS) is 12.0. The highest BCUT2D eigenvalue weighted by Gasteiger charge is 2.34. The van der Waals surface area contributed by atoms with Gasteiger partial charge in [0.15, 0.2) is 34.4 Å². The largest absolute Gasteiger partial charge is 0.573 e. The molecule has 0 radical (unpaired) electrons. The summed E-state index contributed by atoms with van der Waals surface area (Å²) in [5, 5.41) is 17.3. The van der Waals surface area contributed by atoms with Crippen molar-refractivity contribution < 1.29 is 95.1 Å². The number of halogens is 14. The number of benzene rings is 4. The summed E-state index contributed by atoms with van der Waals surface area (Å²) < 4.78 is 201. The number of nitrogens with zero attached hydrogens (tertiary/aromatic N) is 4. The molecule has 4 heterocycles. The van der Waals surface area contributed by atoms with Crippen LogP contribution in [0, 0.1) is 25.5 Å². The van der Waals surface area contributed by atoms with E-state index in [1.165, 1.54) is 57.9 Å². The van der Waals surface area contributed by atoms with Crippen molar-refractivity contribution in [2.45, 2.75) is 58.7 Å². The summed E-state index contributed by atoms with van der Waals surface area (Å²) in [6.07, 6.45) is -15.6. The molecule has 4 aromatic carbocycles. The molecule has 0 aliphatic rings. The number of pyridine rings is 2. The first-order valence-corrected chi connectivity index (χ1v) is 23.3. The Hall–Kier alpha value is -8.98. The highest BCUT2D eigenvalue weighted by atomic mass is 19.4. The third-order valence-electron chi connectivity index (χ3n) is 11.2. The molecule has 0 saturated heterocycles. The number of carboxylic acids is 1. The van der Waals surface area contributed by atoms with Crippen molar-refractivity contribution in [1.29, 1.82) is 0 Å². The number of amides is 1. The summed E-state index contributed by atoms with van der Waals surface area (Å²) in [6, 6.07) is 17.1. The van der Waals surface area contributed by atoms with Gasteiger partial charge in [0.2, 0.25) is 0 Å². The summed E-state index contributed by atoms with van der Waals surface area (Å²) in [6.45, 7) is 4.59. The minimum Gasteiger partial charge on any atom is -0.478 e. The number of rotatable bonds is 17. The third kappa shape index (κ3) is 15.4. The zero-order valence-electron chi connectivity index (χ0n) is 41.4. The Morgan fingerprint density at radius 1 is 0.562 bits per heavy atom. The minimum atomic E-state index is -5.11. The number of nitrogens with one attached hydrogen (secondary N) is 3. The second kappa shape index (κ2) is 23.5. The Bertz CT molecular complexity index is 3560. The number of aromatic nitrogens is 4. The molecule has 0 bridgehead atoms. The van der Waals surface area contributed by atoms with Crippen LogP contribution in [-0.2, 0) is 0 Å². The zero-order valence-corrected chi connectivity index (χ0v) is 41.4. The molecule has 0 spiro atoms. The second-order valence-corrected chi connectivity index (χ2v) is 17.1. The average Bonchev–Trinajstić information content (AvgIpc) is 4.01. The number of hydrogen-bond donors (Lipinski definition) is 4. The van der Waals surface area contributed by atoms with Gasteiger partial charge in [-0.05, 0) is 80.4 Å². The maximum absolute atomic E-state index is 14.2. The lowest BCUT2D eigenvalue weighted by Gasteiger charge is -2.15. The Morgan fingerprint density at radius 2 is 0.975 bits per heavy atom. The highest BCUT2D eigenvalue weighted by molar-refractivity contribution is 5.96. The van der Waals surface area contributed by atoms with E-state index in [-0.39, 0.29) is 57.1 Å². The molecule has 0 saturated carbocycles. The fourth-order valence-corrected chi connectivity index (χ4v) is 7.77. The molecule has 8 rings (SSSR count). The van der Waals surface area contributed by atoms with Gasteiger partial charge in [-0.3, -0.25) is 13.6 Å². The molecule has 0 unspecified atom stereocenters. The van der Waals surface area contributed by atoms with Crippen LogP contribution in [0.2, 0.25) is 0 Å². The Labute approximate surface area is 442 Å². The van der Waals surface area contributed by atoms with Crippen molar-refractivity contribution >= 4 is 34.5 Å². The van der Waals surface area contributed by atoms with Crippen molar-refractivity contribution in [2.75, 3.05) is 30.3 Å². The molecule has 80 heavy (non-hydrogen) atoms. The van der Waals surface area contributed by atoms with Gasteiger partial charge in [-0.25, -0.2) is 23.5 Å². The van der Waals surface area contributed by atoms with Gasteiger partial charge in [-0.1, -0.05) is 12.1 Å². The average molecular weight is 1140 g/mol. The summed E-state index contributed by atoms with van der Waals surface area (Å²) in [4.78, 5) is 32.3. The molecule has 28 heteroatoms. The molecule has 1 amide bonds. The number of aromatic carboxylic acids is 1. The number of fused-ring (bicyclic) bond motifs is 2. The molecule has 8 aromatic rings. The minimum absolute atomic E-state index is 0.0148. The van der Waals surface area contributed by atoms with Crippen LogP contribution in [0.4, 0.5) is 72.8 Å². The smallest absolute Gasteiger partial charge is 0.478 e. The van der Waals surface area contributed by atoms with E-state index in [1.54, 1.807) is 45.0 Å². The number of aryl methyl sites for hydroxylation is 2. The maximum atomic E-state index is 14.2. The van der Waals surface area contributed by atoms with Crippen LogP contribution in [0.15, 0.2) is 110 Å². The lowest BCUT2D eigenvalue weighted by Crippen LogP contribution is -2.23. The summed E-state index contributed by atoms with van der Waals surface area (Å²) in [5.74, 6) is -6.60. The Balaban J connectivity index is 0.000000231. The highest BCUT2D eigenvalue weighted by Crippen LogP contribution is 2.37. The molecular weight excluding hydrogens is 1100 g/mol. The molecule has 4 aromatic heterocycles. The van der Waals surface area contributed by atoms with Gasteiger partial charge in [-0.2, -0.15) is 26.3 Å². The predicted octanol–water partition coefficient (Wildman–Crippen LogP) is 14.5. The van der Waals surface area contributed by atoms with Gasteiger partial charge in [0.25, 0.3) is 5.91 Å². The van der Waals surface area contributed by atoms with Crippen LogP contribution in [0.3, 0.4) is 0 Å². The van der Waals surface area contributed by atoms with Crippen molar-refractivity contribution in [3.63, 3.8) is 0 Å². The van der Waals surface area contributed by atoms with E-state index in [0.29, 0.717) is 63.9 Å². The van der Waals surface area contributed by atoms with E-state index in [4.69, 9.17) is 9.47 Å². The van der Waals surface area contributed by atoms with Crippen molar-refractivity contribution in [1.82, 2.24) is 24.1 Å². The van der Waals surface area contributed by atoms with Crippen molar-refractivity contribution in [3.8, 4) is 57.0 Å². The van der Waals surface area contributed by atoms with E-state index in [9.17, 15) is 76.2 Å². The predicted molar refractivity (Wildman–Crippen MR) is 260 cm³/mol. The topological polar surface area (TPSA) is 162 Å². The number of carbonyl (C=O) groups is 2. The SMILES string of the molecule is CCNC(=O)c1ccc(-c2cnc3c(NCCC(F)(F)F)cc(Oc4ccc(OC(F)(F)F)c(F)c4)cn23)cc1C.Cc1cc(-c2cnc3c(NCCC(F)(F)F)cc(Oc4ccc(OC(F)(F)F)c(F)c4)cn23)ccc1C(=O)O. The number of alkyl halides is 12. The summed E-state index contributed by atoms with van der Waals surface area (Å²) in [7, 11) is 0. The first-order chi connectivity index (χ1) is 37.4. The molecule has 4 N–H and O–H groups in total. The quantitative estimate of drug-likeness (QED) is 0.0642. The van der Waals surface area contributed by atoms with Crippen LogP contribution < -0.4 is 34.9 Å². The lowest BCUT2D eigenvalue weighted by molar-refractivity contribution is -0.276. The van der Waals surface area contributed by atoms with Gasteiger partial charge in [0.1, 0.15) is 23.0 Å². The van der Waals surface area contributed by atoms with Gasteiger partial charge >= 0.3 is 31.0 Å². The molecule has 0 aliphatic carbocycles. The van der Waals surface area contributed by atoms with Gasteiger partial charge < -0.3 is 40.0 Å². The van der Waals surface area contributed by atoms with Crippen LogP contribution in [0.25, 0.3) is 33.8 Å². The van der Waals surface area contributed by atoms with E-state index in [1.807, 2.05) is 0 Å². The first-order valence-electron chi connectivity index (χ1n) is 23.3. The van der Waals surface area contributed by atoms with E-state index >= 15 is 0 Å². The fourth-order valence-electron chi connectivity index (χ4n) is 7.77. The van der Waals surface area contributed by atoms with Crippen molar-refractivity contribution in [3.05, 3.63) is 144 Å². The van der Waals surface area contributed by atoms with Gasteiger partial charge in [-0.15, -0.1) is 26.3 Å². The molecule has 0 fully saturated rings. The number of anilines is 2. The molecule has 0 atom stereocenters. The fraction of sp³-hybridized carbons (Fsp3) is 0.231. The third-order valence-corrected chi connectivity index (χ3v) is 11.2. The van der Waals surface area contributed by atoms with Crippen LogP contribution in [-0.4, -0.2) is 80.5 Å². The second-order valence-electron chi connectivity index (χ2n) is 17.1. The summed E-state index contributed by atoms with van der Waals surface area (Å²) >= 11 is 0. The van der Waals surface area contributed by atoms with E-state index in [0.717, 1.165) is 18.2 Å². The van der Waals surface area contributed by atoms with Crippen LogP contribution >= 0.6 is 0 Å². The molecule has 14 nitrogen and oxygen atoms in total. The van der Waals surface area contributed by atoms with Gasteiger partial charge in [0.05, 0.1) is 66.0 Å². The van der Waals surface area contributed by atoms with E-state index < -0.39 is 80.1 Å². The first kappa shape index (κ1) is 58.7. The Kier molecular flexibility index (Phi) is 17.3. The number of ether oxygens (including phenoxy) is 4. The standard InChI is InChI=1S/C27H23F7N4O3.C25H18F7N3O4/c1-3-35-25(39)19-6-4-16(10-15(19)2)22-13-37-24-21(36-9-8-26(29,30)31)12-18(14-38(22)24)40-17-5-7-23(20(28)11-17)41-27(32,33)34;1-13-8-14(2-4-17(13)23(36)37)20-11-34-22-19(33-7-6-24(27,28)29)10-16(12-35(20)22)38-15-3-5-21(18(26)9-15)39-25(30,31)32/h4-7,10-14,36H,3,8-9H2,1-2H3,(H,35,39);2-5,8-12,33H,6-7H2,1H3,(H,36,37). The van der Waals surface area contributed by atoms with Crippen LogP contribution in [0.5, 0.6) is 34.5 Å². The lowest BCUT2D eigenvalue weighted by atomic mass is 10.0. The maximum Gasteiger partial charge on any atom is 0.573 e. The van der Waals surface area contributed by atoms with E-state index in [2.05, 4.69) is 35.4 Å². The number of carboxylic acid groups (broad SMARTS) is 1. The molecule has 0 aliphatic heterocycles.